The maximum absolute atomic E-state index is 13.2. The van der Waals surface area contributed by atoms with Crippen molar-refractivity contribution >= 4 is 5.91 Å². The minimum atomic E-state index is -4.47. The van der Waals surface area contributed by atoms with Crippen molar-refractivity contribution in [2.24, 2.45) is 0 Å². The average molecular weight is 388 g/mol. The number of hydrogen-bond donors (Lipinski definition) is 0. The molecule has 1 saturated heterocycles. The normalized spacial score (nSPS) is 17.3. The Labute approximate surface area is 158 Å². The number of nitrogens with zero attached hydrogens (tertiary/aromatic N) is 4. The number of aromatic nitrogens is 3. The van der Waals surface area contributed by atoms with Crippen molar-refractivity contribution in [2.75, 3.05) is 6.54 Å². The van der Waals surface area contributed by atoms with E-state index >= 15 is 0 Å². The second-order valence-corrected chi connectivity index (χ2v) is 6.52. The number of halogens is 3. The lowest BCUT2D eigenvalue weighted by Crippen LogP contribution is -2.26. The van der Waals surface area contributed by atoms with Crippen molar-refractivity contribution in [1.82, 2.24) is 20.0 Å². The van der Waals surface area contributed by atoms with Crippen LogP contribution in [0.1, 0.15) is 29.3 Å². The van der Waals surface area contributed by atoms with Crippen LogP contribution >= 0.6 is 0 Å². The third-order valence-electron chi connectivity index (χ3n) is 4.63. The third-order valence-corrected chi connectivity index (χ3v) is 4.63. The zero-order valence-corrected chi connectivity index (χ0v) is 14.6. The van der Waals surface area contributed by atoms with E-state index in [1.165, 1.54) is 23.1 Å². The predicted molar refractivity (Wildman–Crippen MR) is 91.7 cm³/mol. The molecule has 1 unspecified atom stereocenters. The van der Waals surface area contributed by atoms with Gasteiger partial charge in [0, 0.05) is 43.4 Å². The van der Waals surface area contributed by atoms with Crippen LogP contribution in [0.2, 0.25) is 0 Å². The van der Waals surface area contributed by atoms with Gasteiger partial charge >= 0.3 is 6.18 Å². The average Bonchev–Trinajstić information content (AvgIpc) is 3.30. The smallest absolute Gasteiger partial charge is 0.338 e. The van der Waals surface area contributed by atoms with E-state index in [9.17, 15) is 18.0 Å². The van der Waals surface area contributed by atoms with Crippen molar-refractivity contribution < 1.29 is 22.5 Å². The summed E-state index contributed by atoms with van der Waals surface area (Å²) in [4.78, 5) is 22.0. The van der Waals surface area contributed by atoms with Gasteiger partial charge in [-0.3, -0.25) is 9.78 Å². The molecule has 0 radical (unpaired) electrons. The number of carbonyl (C=O) groups excluding carboxylic acids is 1. The molecule has 1 aliphatic rings. The molecular formula is C19H15F3N4O2. The lowest BCUT2D eigenvalue weighted by atomic mass is 10.1. The van der Waals surface area contributed by atoms with Gasteiger partial charge in [0.05, 0.1) is 5.56 Å². The van der Waals surface area contributed by atoms with E-state index in [0.29, 0.717) is 17.3 Å². The van der Waals surface area contributed by atoms with Crippen molar-refractivity contribution in [2.45, 2.75) is 25.1 Å². The fourth-order valence-corrected chi connectivity index (χ4v) is 3.25. The molecule has 1 amide bonds. The largest absolute Gasteiger partial charge is 0.416 e. The summed E-state index contributed by atoms with van der Waals surface area (Å²) < 4.78 is 44.8. The standard InChI is InChI=1S/C19H15F3N4O2/c20-19(21,22)15-4-2-1-3-13(15)10-26-11-14(9-16(26)27)17-24-18(28-25-17)12-5-7-23-8-6-12/h1-8,14H,9-11H2. The van der Waals surface area contributed by atoms with Gasteiger partial charge in [0.25, 0.3) is 5.89 Å². The third kappa shape index (κ3) is 3.60. The van der Waals surface area contributed by atoms with Crippen LogP contribution in [0.25, 0.3) is 11.5 Å². The highest BCUT2D eigenvalue weighted by Gasteiger charge is 2.37. The van der Waals surface area contributed by atoms with Crippen molar-refractivity contribution in [3.63, 3.8) is 0 Å². The lowest BCUT2D eigenvalue weighted by Gasteiger charge is -2.19. The molecule has 144 valence electrons. The maximum Gasteiger partial charge on any atom is 0.416 e. The van der Waals surface area contributed by atoms with E-state index in [1.807, 2.05) is 0 Å². The van der Waals surface area contributed by atoms with Gasteiger partial charge < -0.3 is 9.42 Å². The summed E-state index contributed by atoms with van der Waals surface area (Å²) in [5.41, 5.74) is 0.0365. The van der Waals surface area contributed by atoms with E-state index < -0.39 is 11.7 Å². The van der Waals surface area contributed by atoms with Crippen LogP contribution in [0.15, 0.2) is 53.3 Å². The molecule has 0 saturated carbocycles. The Morgan fingerprint density at radius 2 is 1.89 bits per heavy atom. The maximum atomic E-state index is 13.2. The number of likely N-dealkylation sites (tertiary alicyclic amines) is 1. The molecule has 2 aromatic heterocycles. The van der Waals surface area contributed by atoms with Gasteiger partial charge in [0.2, 0.25) is 5.91 Å². The van der Waals surface area contributed by atoms with Crippen LogP contribution in [0.4, 0.5) is 13.2 Å². The van der Waals surface area contributed by atoms with E-state index in [2.05, 4.69) is 15.1 Å². The zero-order chi connectivity index (χ0) is 19.7. The molecule has 0 N–H and O–H groups in total. The van der Waals surface area contributed by atoms with Gasteiger partial charge in [0.1, 0.15) is 0 Å². The number of carbonyl (C=O) groups is 1. The Kier molecular flexibility index (Phi) is 4.58. The first-order chi connectivity index (χ1) is 13.4. The quantitative estimate of drug-likeness (QED) is 0.682. The molecule has 6 nitrogen and oxygen atoms in total. The predicted octanol–water partition coefficient (Wildman–Crippen LogP) is 3.67. The van der Waals surface area contributed by atoms with E-state index in [0.717, 1.165) is 6.07 Å². The minimum absolute atomic E-state index is 0.0644. The fraction of sp³-hybridized carbons (Fsp3) is 0.263. The minimum Gasteiger partial charge on any atom is -0.338 e. The Morgan fingerprint density at radius 1 is 1.14 bits per heavy atom. The Bertz CT molecular complexity index is 988. The summed E-state index contributed by atoms with van der Waals surface area (Å²) >= 11 is 0. The van der Waals surface area contributed by atoms with Crippen molar-refractivity contribution in [3.8, 4) is 11.5 Å². The summed E-state index contributed by atoms with van der Waals surface area (Å²) in [5.74, 6) is 0.111. The number of alkyl halides is 3. The number of amides is 1. The summed E-state index contributed by atoms with van der Waals surface area (Å²) in [6.45, 7) is 0.125. The van der Waals surface area contributed by atoms with Crippen molar-refractivity contribution in [1.29, 1.82) is 0 Å². The number of hydrogen-bond acceptors (Lipinski definition) is 5. The van der Waals surface area contributed by atoms with E-state index in [-0.39, 0.29) is 36.9 Å². The lowest BCUT2D eigenvalue weighted by molar-refractivity contribution is -0.139. The number of rotatable bonds is 4. The van der Waals surface area contributed by atoms with Gasteiger partial charge in [-0.15, -0.1) is 0 Å². The highest BCUT2D eigenvalue weighted by molar-refractivity contribution is 5.79. The van der Waals surface area contributed by atoms with Gasteiger partial charge in [-0.05, 0) is 23.8 Å². The fourth-order valence-electron chi connectivity index (χ4n) is 3.25. The van der Waals surface area contributed by atoms with Gasteiger partial charge in [-0.1, -0.05) is 23.4 Å². The molecule has 1 aliphatic heterocycles. The second kappa shape index (κ2) is 7.06. The second-order valence-electron chi connectivity index (χ2n) is 6.52. The SMILES string of the molecule is O=C1CC(c2noc(-c3ccncc3)n2)CN1Cc1ccccc1C(F)(F)F. The highest BCUT2D eigenvalue weighted by atomic mass is 19.4. The first-order valence-corrected chi connectivity index (χ1v) is 8.58. The van der Waals surface area contributed by atoms with Crippen LogP contribution in [-0.4, -0.2) is 32.5 Å². The van der Waals surface area contributed by atoms with Gasteiger partial charge in [0.15, 0.2) is 5.82 Å². The molecular weight excluding hydrogens is 373 g/mol. The molecule has 28 heavy (non-hydrogen) atoms. The molecule has 1 fully saturated rings. The molecule has 4 rings (SSSR count). The molecule has 3 heterocycles. The molecule has 0 bridgehead atoms. The Morgan fingerprint density at radius 3 is 2.64 bits per heavy atom. The number of pyridine rings is 1. The van der Waals surface area contributed by atoms with Crippen LogP contribution in [-0.2, 0) is 17.5 Å². The van der Waals surface area contributed by atoms with Crippen LogP contribution in [0.3, 0.4) is 0 Å². The van der Waals surface area contributed by atoms with E-state index in [1.54, 1.807) is 24.5 Å². The molecule has 1 atom stereocenters. The van der Waals surface area contributed by atoms with E-state index in [4.69, 9.17) is 4.52 Å². The molecule has 0 aliphatic carbocycles. The monoisotopic (exact) mass is 388 g/mol. The van der Waals surface area contributed by atoms with Gasteiger partial charge in [-0.2, -0.15) is 18.2 Å². The van der Waals surface area contributed by atoms with Gasteiger partial charge in [-0.25, -0.2) is 0 Å². The van der Waals surface area contributed by atoms with Crippen molar-refractivity contribution in [3.05, 3.63) is 65.7 Å². The number of benzene rings is 1. The Hall–Kier alpha value is -3.23. The molecule has 3 aromatic rings. The van der Waals surface area contributed by atoms with Crippen LogP contribution in [0, 0.1) is 0 Å². The summed E-state index contributed by atoms with van der Waals surface area (Å²) in [5, 5.41) is 3.94. The summed E-state index contributed by atoms with van der Waals surface area (Å²) in [6, 6.07) is 8.71. The molecule has 1 aromatic carbocycles. The highest BCUT2D eigenvalue weighted by Crippen LogP contribution is 2.34. The summed E-state index contributed by atoms with van der Waals surface area (Å²) in [7, 11) is 0. The molecule has 0 spiro atoms. The first kappa shape index (κ1) is 18.1. The molecule has 9 heteroatoms. The topological polar surface area (TPSA) is 72.1 Å². The van der Waals surface area contributed by atoms with Crippen LogP contribution < -0.4 is 0 Å². The first-order valence-electron chi connectivity index (χ1n) is 8.58. The van der Waals surface area contributed by atoms with Crippen LogP contribution in [0.5, 0.6) is 0 Å². The Balaban J connectivity index is 1.51. The zero-order valence-electron chi connectivity index (χ0n) is 14.6. The summed E-state index contributed by atoms with van der Waals surface area (Å²) in [6.07, 6.45) is -1.15.